The fourth-order valence-corrected chi connectivity index (χ4v) is 4.24. The van der Waals surface area contributed by atoms with Gasteiger partial charge in [-0.05, 0) is 65.8 Å². The predicted octanol–water partition coefficient (Wildman–Crippen LogP) is 5.59. The van der Waals surface area contributed by atoms with E-state index in [-0.39, 0.29) is 11.9 Å². The third-order valence-corrected chi connectivity index (χ3v) is 5.82. The number of hydrogen-bond donors (Lipinski definition) is 0. The molecule has 0 aromatic heterocycles. The highest BCUT2D eigenvalue weighted by Crippen LogP contribution is 2.44. The predicted molar refractivity (Wildman–Crippen MR) is 111 cm³/mol. The quantitative estimate of drug-likeness (QED) is 0.560. The molecular formula is C25H24O3. The van der Waals surface area contributed by atoms with Gasteiger partial charge in [0.1, 0.15) is 12.4 Å². The second-order valence-corrected chi connectivity index (χ2v) is 7.35. The molecule has 3 aromatic carbocycles. The average Bonchev–Trinajstić information content (AvgIpc) is 3.03. The van der Waals surface area contributed by atoms with Gasteiger partial charge < -0.3 is 9.47 Å². The Morgan fingerprint density at radius 3 is 2.04 bits per heavy atom. The third-order valence-electron chi connectivity index (χ3n) is 5.82. The van der Waals surface area contributed by atoms with Gasteiger partial charge in [-0.1, -0.05) is 48.5 Å². The van der Waals surface area contributed by atoms with Crippen molar-refractivity contribution in [2.24, 2.45) is 0 Å². The number of ether oxygens (including phenoxy) is 2. The summed E-state index contributed by atoms with van der Waals surface area (Å²) in [6, 6.07) is 18.6. The monoisotopic (exact) mass is 372 g/mol. The Hall–Kier alpha value is -3.07. The van der Waals surface area contributed by atoms with E-state index in [9.17, 15) is 4.79 Å². The Bertz CT molecular complexity index is 1020. The van der Waals surface area contributed by atoms with Crippen LogP contribution in [0.5, 0.6) is 5.75 Å². The Kier molecular flexibility index (Phi) is 4.68. The summed E-state index contributed by atoms with van der Waals surface area (Å²) < 4.78 is 11.2. The van der Waals surface area contributed by atoms with Crippen LogP contribution >= 0.6 is 0 Å². The standard InChI is InChI=1S/C25H24O3/c1-15-13-23(27-4)16(2)17(3)24(15)25(26)28-14-22-20-11-7-5-9-18(20)19-10-6-8-12-21(19)22/h5-13,22H,14H2,1-4H3. The van der Waals surface area contributed by atoms with E-state index in [4.69, 9.17) is 9.47 Å². The number of aryl methyl sites for hydroxylation is 1. The summed E-state index contributed by atoms with van der Waals surface area (Å²) in [6.45, 7) is 6.16. The lowest BCUT2D eigenvalue weighted by Gasteiger charge is -2.17. The summed E-state index contributed by atoms with van der Waals surface area (Å²) in [4.78, 5) is 13.0. The molecule has 4 rings (SSSR count). The zero-order valence-corrected chi connectivity index (χ0v) is 16.7. The van der Waals surface area contributed by atoms with Gasteiger partial charge in [0, 0.05) is 5.92 Å². The lowest BCUT2D eigenvalue weighted by atomic mass is 9.96. The number of benzene rings is 3. The molecule has 0 aliphatic heterocycles. The van der Waals surface area contributed by atoms with Crippen molar-refractivity contribution in [1.82, 2.24) is 0 Å². The van der Waals surface area contributed by atoms with Crippen LogP contribution < -0.4 is 4.74 Å². The van der Waals surface area contributed by atoms with E-state index in [1.807, 2.05) is 39.0 Å². The number of fused-ring (bicyclic) bond motifs is 3. The van der Waals surface area contributed by atoms with E-state index in [1.54, 1.807) is 7.11 Å². The van der Waals surface area contributed by atoms with Crippen molar-refractivity contribution in [2.75, 3.05) is 13.7 Å². The molecule has 0 amide bonds. The van der Waals surface area contributed by atoms with E-state index in [1.165, 1.54) is 22.3 Å². The topological polar surface area (TPSA) is 35.5 Å². The molecule has 0 saturated heterocycles. The Morgan fingerprint density at radius 1 is 0.893 bits per heavy atom. The number of carbonyl (C=O) groups excluding carboxylic acids is 1. The van der Waals surface area contributed by atoms with E-state index in [0.29, 0.717) is 12.2 Å². The van der Waals surface area contributed by atoms with Crippen LogP contribution in [0, 0.1) is 20.8 Å². The van der Waals surface area contributed by atoms with Gasteiger partial charge in [-0.15, -0.1) is 0 Å². The molecule has 28 heavy (non-hydrogen) atoms. The van der Waals surface area contributed by atoms with E-state index < -0.39 is 0 Å². The molecule has 0 unspecified atom stereocenters. The van der Waals surface area contributed by atoms with E-state index in [2.05, 4.69) is 36.4 Å². The molecule has 3 nitrogen and oxygen atoms in total. The maximum atomic E-state index is 13.0. The number of methoxy groups -OCH3 is 1. The molecule has 3 heteroatoms. The van der Waals surface area contributed by atoms with Crippen molar-refractivity contribution in [3.63, 3.8) is 0 Å². The Balaban J connectivity index is 1.62. The summed E-state index contributed by atoms with van der Waals surface area (Å²) in [5.41, 5.74) is 8.28. The molecule has 0 spiro atoms. The number of esters is 1. The van der Waals surface area contributed by atoms with Crippen molar-refractivity contribution in [2.45, 2.75) is 26.7 Å². The first-order valence-electron chi connectivity index (χ1n) is 9.53. The smallest absolute Gasteiger partial charge is 0.338 e. The van der Waals surface area contributed by atoms with Crippen LogP contribution in [0.15, 0.2) is 54.6 Å². The summed E-state index contributed by atoms with van der Waals surface area (Å²) in [5.74, 6) is 0.587. The lowest BCUT2D eigenvalue weighted by Crippen LogP contribution is -2.15. The van der Waals surface area contributed by atoms with Crippen LogP contribution in [-0.2, 0) is 4.74 Å². The minimum Gasteiger partial charge on any atom is -0.496 e. The van der Waals surface area contributed by atoms with Gasteiger partial charge in [-0.25, -0.2) is 4.79 Å². The minimum atomic E-state index is -0.275. The molecule has 0 heterocycles. The van der Waals surface area contributed by atoms with Crippen LogP contribution in [0.1, 0.15) is 44.1 Å². The molecule has 0 bridgehead atoms. The van der Waals surface area contributed by atoms with Gasteiger partial charge in [0.25, 0.3) is 0 Å². The third kappa shape index (κ3) is 2.88. The molecule has 0 fully saturated rings. The van der Waals surface area contributed by atoms with Crippen LogP contribution in [-0.4, -0.2) is 19.7 Å². The normalized spacial score (nSPS) is 12.4. The summed E-state index contributed by atoms with van der Waals surface area (Å²) in [5, 5.41) is 0. The molecule has 1 aliphatic rings. The first-order valence-corrected chi connectivity index (χ1v) is 9.53. The summed E-state index contributed by atoms with van der Waals surface area (Å²) in [7, 11) is 1.65. The van der Waals surface area contributed by atoms with Gasteiger partial charge in [-0.3, -0.25) is 0 Å². The molecule has 0 radical (unpaired) electrons. The molecule has 142 valence electrons. The zero-order valence-electron chi connectivity index (χ0n) is 16.7. The van der Waals surface area contributed by atoms with Crippen molar-refractivity contribution in [3.8, 4) is 16.9 Å². The van der Waals surface area contributed by atoms with Gasteiger partial charge in [0.05, 0.1) is 12.7 Å². The highest BCUT2D eigenvalue weighted by molar-refractivity contribution is 5.93. The highest BCUT2D eigenvalue weighted by Gasteiger charge is 2.29. The van der Waals surface area contributed by atoms with Crippen molar-refractivity contribution in [3.05, 3.63) is 88.0 Å². The molecule has 0 N–H and O–H groups in total. The molecule has 1 aliphatic carbocycles. The first kappa shape index (κ1) is 18.3. The van der Waals surface area contributed by atoms with Crippen LogP contribution in [0.3, 0.4) is 0 Å². The van der Waals surface area contributed by atoms with Crippen molar-refractivity contribution in [1.29, 1.82) is 0 Å². The number of hydrogen-bond acceptors (Lipinski definition) is 3. The fourth-order valence-electron chi connectivity index (χ4n) is 4.24. The maximum Gasteiger partial charge on any atom is 0.338 e. The summed E-state index contributed by atoms with van der Waals surface area (Å²) in [6.07, 6.45) is 0. The Labute approximate surface area is 165 Å². The summed E-state index contributed by atoms with van der Waals surface area (Å²) >= 11 is 0. The number of rotatable bonds is 4. The maximum absolute atomic E-state index is 13.0. The SMILES string of the molecule is COc1cc(C)c(C(=O)OCC2c3ccccc3-c3ccccc32)c(C)c1C. The lowest BCUT2D eigenvalue weighted by molar-refractivity contribution is 0.0491. The highest BCUT2D eigenvalue weighted by atomic mass is 16.5. The van der Waals surface area contributed by atoms with Crippen LogP contribution in [0.25, 0.3) is 11.1 Å². The van der Waals surface area contributed by atoms with Crippen molar-refractivity contribution < 1.29 is 14.3 Å². The largest absolute Gasteiger partial charge is 0.496 e. The zero-order chi connectivity index (χ0) is 19.8. The van der Waals surface area contributed by atoms with Crippen LogP contribution in [0.2, 0.25) is 0 Å². The molecule has 3 aromatic rings. The fraction of sp³-hybridized carbons (Fsp3) is 0.240. The molecule has 0 atom stereocenters. The number of carbonyl (C=O) groups is 1. The van der Waals surface area contributed by atoms with Gasteiger partial charge in [0.2, 0.25) is 0 Å². The van der Waals surface area contributed by atoms with Gasteiger partial charge in [0.15, 0.2) is 0 Å². The molecular weight excluding hydrogens is 348 g/mol. The first-order chi connectivity index (χ1) is 13.5. The van der Waals surface area contributed by atoms with E-state index >= 15 is 0 Å². The average molecular weight is 372 g/mol. The van der Waals surface area contributed by atoms with E-state index in [0.717, 1.165) is 22.4 Å². The second-order valence-electron chi connectivity index (χ2n) is 7.35. The van der Waals surface area contributed by atoms with Gasteiger partial charge in [-0.2, -0.15) is 0 Å². The second kappa shape index (κ2) is 7.16. The van der Waals surface area contributed by atoms with Crippen LogP contribution in [0.4, 0.5) is 0 Å². The molecule has 0 saturated carbocycles. The van der Waals surface area contributed by atoms with Crippen molar-refractivity contribution >= 4 is 5.97 Å². The van der Waals surface area contributed by atoms with Gasteiger partial charge >= 0.3 is 5.97 Å². The minimum absolute atomic E-state index is 0.0660. The Morgan fingerprint density at radius 2 is 1.46 bits per heavy atom.